The van der Waals surface area contributed by atoms with Crippen molar-refractivity contribution in [3.8, 4) is 5.75 Å². The van der Waals surface area contributed by atoms with Gasteiger partial charge in [0.2, 0.25) is 17.8 Å². The van der Waals surface area contributed by atoms with Crippen molar-refractivity contribution in [3.63, 3.8) is 0 Å². The van der Waals surface area contributed by atoms with E-state index in [4.69, 9.17) is 15.2 Å². The van der Waals surface area contributed by atoms with Crippen LogP contribution >= 0.6 is 0 Å². The Morgan fingerprint density at radius 2 is 1.74 bits per heavy atom. The lowest BCUT2D eigenvalue weighted by Crippen LogP contribution is -2.68. The van der Waals surface area contributed by atoms with Gasteiger partial charge < -0.3 is 30.3 Å². The van der Waals surface area contributed by atoms with Crippen LogP contribution in [0.3, 0.4) is 0 Å². The number of carbonyl (C=O) groups is 2. The van der Waals surface area contributed by atoms with Crippen molar-refractivity contribution in [1.82, 2.24) is 25.3 Å². The summed E-state index contributed by atoms with van der Waals surface area (Å²) >= 11 is 0. The Bertz CT molecular complexity index is 1880. The van der Waals surface area contributed by atoms with Gasteiger partial charge in [-0.15, -0.1) is 0 Å². The number of hydrogen-bond donors (Lipinski definition) is 2. The molecule has 288 valence electrons. The van der Waals surface area contributed by atoms with Crippen molar-refractivity contribution in [2.45, 2.75) is 88.4 Å². The van der Waals surface area contributed by atoms with E-state index in [2.05, 4.69) is 37.1 Å². The number of ether oxygens (including phenoxy) is 2. The summed E-state index contributed by atoms with van der Waals surface area (Å²) in [5, 5.41) is 2.74. The van der Waals surface area contributed by atoms with Crippen LogP contribution in [-0.2, 0) is 21.1 Å². The molecule has 1 aromatic carbocycles. The largest absolute Gasteiger partial charge is 0.490 e. The summed E-state index contributed by atoms with van der Waals surface area (Å²) in [5.41, 5.74) is 3.65. The van der Waals surface area contributed by atoms with Crippen LogP contribution in [0, 0.1) is 23.7 Å². The van der Waals surface area contributed by atoms with E-state index in [0.717, 1.165) is 44.1 Å². The number of benzene rings is 1. The van der Waals surface area contributed by atoms with E-state index in [0.29, 0.717) is 81.1 Å². The van der Waals surface area contributed by atoms with Crippen LogP contribution in [-0.4, -0.2) is 76.2 Å². The van der Waals surface area contributed by atoms with Gasteiger partial charge in [0.15, 0.2) is 5.69 Å². The maximum absolute atomic E-state index is 14.9. The molecular weight excluding hydrogens is 701 g/mol. The van der Waals surface area contributed by atoms with Gasteiger partial charge in [-0.1, -0.05) is 13.8 Å². The number of alkyl halides is 3. The second-order valence-electron chi connectivity index (χ2n) is 16.1. The Balaban J connectivity index is 1.07. The molecule has 3 N–H and O–H groups in total. The summed E-state index contributed by atoms with van der Waals surface area (Å²) < 4.78 is 56.8. The lowest BCUT2D eigenvalue weighted by molar-refractivity contribution is -0.141. The summed E-state index contributed by atoms with van der Waals surface area (Å²) in [6.45, 7) is 6.81. The maximum Gasteiger partial charge on any atom is 0.434 e. The summed E-state index contributed by atoms with van der Waals surface area (Å²) in [5.74, 6) is -0.467. The third kappa shape index (κ3) is 6.51. The molecule has 2 aromatic heterocycles. The molecular formula is C39H47F3N8O4. The molecule has 5 unspecified atom stereocenters. The van der Waals surface area contributed by atoms with Crippen LogP contribution in [0.4, 0.5) is 30.8 Å². The highest BCUT2D eigenvalue weighted by atomic mass is 19.4. The number of carbonyl (C=O) groups excluding carboxylic acids is 2. The van der Waals surface area contributed by atoms with Crippen molar-refractivity contribution in [3.05, 3.63) is 59.7 Å². The monoisotopic (exact) mass is 748 g/mol. The molecule has 12 nitrogen and oxygen atoms in total. The normalized spacial score (nSPS) is 28.1. The van der Waals surface area contributed by atoms with Crippen molar-refractivity contribution in [1.29, 1.82) is 0 Å². The minimum absolute atomic E-state index is 0.0178. The molecule has 3 aliphatic heterocycles. The predicted molar refractivity (Wildman–Crippen MR) is 193 cm³/mol. The fraction of sp³-hybridized carbons (Fsp3) is 0.590. The van der Waals surface area contributed by atoms with E-state index < -0.39 is 40.2 Å². The molecule has 2 saturated carbocycles. The summed E-state index contributed by atoms with van der Waals surface area (Å²) in [6.07, 6.45) is 5.32. The minimum Gasteiger partial charge on any atom is -0.490 e. The molecule has 2 amide bonds. The molecule has 3 aromatic rings. The number of nitrogens with zero attached hydrogens (tertiary/aromatic N) is 6. The third-order valence-corrected chi connectivity index (χ3v) is 12.7. The van der Waals surface area contributed by atoms with Gasteiger partial charge in [0.25, 0.3) is 5.91 Å². The van der Waals surface area contributed by atoms with E-state index in [-0.39, 0.29) is 23.9 Å². The molecule has 2 saturated heterocycles. The number of fused-ring (bicyclic) bond motifs is 4. The zero-order chi connectivity index (χ0) is 37.8. The number of aromatic nitrogens is 4. The molecule has 2 bridgehead atoms. The number of piperidine rings is 1. The Kier molecular flexibility index (Phi) is 9.42. The lowest BCUT2D eigenvalue weighted by atomic mass is 9.56. The summed E-state index contributed by atoms with van der Waals surface area (Å²) in [4.78, 5) is 48.1. The van der Waals surface area contributed by atoms with Crippen LogP contribution in [0.25, 0.3) is 0 Å². The molecule has 1 spiro atoms. The first-order chi connectivity index (χ1) is 25.9. The highest BCUT2D eigenvalue weighted by molar-refractivity contribution is 6.00. The number of primary amides is 1. The number of nitrogens with one attached hydrogen (secondary N) is 1. The van der Waals surface area contributed by atoms with Gasteiger partial charge in [0, 0.05) is 75.4 Å². The van der Waals surface area contributed by atoms with Crippen LogP contribution in [0.5, 0.6) is 5.75 Å². The average Bonchev–Trinajstić information content (AvgIpc) is 3.45. The zero-order valence-corrected chi connectivity index (χ0v) is 30.6. The fourth-order valence-corrected chi connectivity index (χ4v) is 10.2. The van der Waals surface area contributed by atoms with Crippen LogP contribution in [0.1, 0.15) is 86.8 Å². The van der Waals surface area contributed by atoms with Gasteiger partial charge in [-0.3, -0.25) is 9.59 Å². The van der Waals surface area contributed by atoms with Crippen molar-refractivity contribution in [2.24, 2.45) is 29.4 Å². The fourth-order valence-electron chi connectivity index (χ4n) is 10.2. The second kappa shape index (κ2) is 14.0. The van der Waals surface area contributed by atoms with Crippen LogP contribution in [0.15, 0.2) is 42.9 Å². The Labute approximate surface area is 312 Å². The molecule has 5 heterocycles. The van der Waals surface area contributed by atoms with E-state index in [1.165, 1.54) is 0 Å². The lowest BCUT2D eigenvalue weighted by Gasteiger charge is -2.53. The minimum atomic E-state index is -4.98. The number of rotatable bonds is 7. The quantitative estimate of drug-likeness (QED) is 0.314. The van der Waals surface area contributed by atoms with E-state index in [9.17, 15) is 22.8 Å². The predicted octanol–water partition coefficient (Wildman–Crippen LogP) is 5.58. The number of nitrogens with two attached hydrogens (primary N) is 1. The molecule has 54 heavy (non-hydrogen) atoms. The van der Waals surface area contributed by atoms with Crippen LogP contribution < -0.4 is 25.6 Å². The van der Waals surface area contributed by atoms with E-state index in [1.54, 1.807) is 23.4 Å². The molecule has 0 radical (unpaired) electrons. The first-order valence-corrected chi connectivity index (χ1v) is 19.1. The standard InChI is InChI=1S/C39H47F3N8O4/c1-23-16-25-18-24(2)38(34(43)52,26(17-23)19-25)48-33(51)29-21-46-36(47-32(29)39(40,41)42)50-22-37(8-14-53-15-9-37)30-20-28(4-5-31(30)50)54-27-6-12-49(13-7-27)35-44-10-3-11-45-35/h3-5,10-11,20-21,23-27H,6-9,12-19,22H2,1-2H3,(H2,43,52)(H,48,51). The zero-order valence-electron chi connectivity index (χ0n) is 30.6. The van der Waals surface area contributed by atoms with Crippen molar-refractivity contribution >= 4 is 29.4 Å². The molecule has 5 aliphatic rings. The number of hydrogen-bond acceptors (Lipinski definition) is 10. The summed E-state index contributed by atoms with van der Waals surface area (Å²) in [6, 6.07) is 7.50. The van der Waals surface area contributed by atoms with Crippen LogP contribution in [0.2, 0.25) is 0 Å². The van der Waals surface area contributed by atoms with E-state index >= 15 is 0 Å². The van der Waals surface area contributed by atoms with Gasteiger partial charge >= 0.3 is 6.18 Å². The first kappa shape index (κ1) is 36.4. The molecule has 15 heteroatoms. The highest BCUT2D eigenvalue weighted by Gasteiger charge is 2.56. The topological polar surface area (TPSA) is 149 Å². The second-order valence-corrected chi connectivity index (χ2v) is 16.1. The Morgan fingerprint density at radius 1 is 1.00 bits per heavy atom. The average molecular weight is 749 g/mol. The first-order valence-electron chi connectivity index (χ1n) is 19.1. The SMILES string of the molecule is CC1CC2CC(C)C(NC(=O)c3cnc(N4CC5(CCOCC5)c5cc(OC6CCN(c7ncccn7)CC6)ccc54)nc3C(F)(F)F)(C(N)=O)C(C1)C2. The van der Waals surface area contributed by atoms with Gasteiger partial charge in [-0.25, -0.2) is 19.9 Å². The van der Waals surface area contributed by atoms with Gasteiger partial charge in [-0.05, 0) is 92.0 Å². The van der Waals surface area contributed by atoms with Crippen molar-refractivity contribution < 1.29 is 32.2 Å². The maximum atomic E-state index is 14.9. The third-order valence-electron chi connectivity index (χ3n) is 12.7. The highest BCUT2D eigenvalue weighted by Crippen LogP contribution is 2.52. The van der Waals surface area contributed by atoms with Crippen molar-refractivity contribution in [2.75, 3.05) is 42.6 Å². The Morgan fingerprint density at radius 3 is 2.44 bits per heavy atom. The molecule has 4 fully saturated rings. The van der Waals surface area contributed by atoms with Gasteiger partial charge in [-0.2, -0.15) is 13.2 Å². The van der Waals surface area contributed by atoms with E-state index in [1.807, 2.05) is 25.1 Å². The Hall–Kier alpha value is -4.53. The number of halogens is 3. The van der Waals surface area contributed by atoms with Gasteiger partial charge in [0.05, 0.1) is 5.56 Å². The molecule has 8 rings (SSSR count). The summed E-state index contributed by atoms with van der Waals surface area (Å²) in [7, 11) is 0. The van der Waals surface area contributed by atoms with Gasteiger partial charge in [0.1, 0.15) is 17.4 Å². The molecule has 2 aliphatic carbocycles. The smallest absolute Gasteiger partial charge is 0.434 e. The molecule has 5 atom stereocenters. The number of anilines is 3. The number of amides is 2.